The van der Waals surface area contributed by atoms with Gasteiger partial charge in [-0.25, -0.2) is 0 Å². The standard InChI is InChI=1S/C9H6F5NO4/c1-18-7-2-4(9(12,13)14)6(19-8(10)11)3-5(7)15(16)17/h2-3,8H,1H3. The summed E-state index contributed by atoms with van der Waals surface area (Å²) in [5.41, 5.74) is -2.50. The molecule has 19 heavy (non-hydrogen) atoms. The minimum Gasteiger partial charge on any atom is -0.490 e. The Morgan fingerprint density at radius 3 is 2.21 bits per heavy atom. The topological polar surface area (TPSA) is 61.6 Å². The van der Waals surface area contributed by atoms with Crippen molar-refractivity contribution in [1.82, 2.24) is 0 Å². The SMILES string of the molecule is COc1cc(C(F)(F)F)c(OC(F)F)cc1[N+](=O)[O-]. The zero-order valence-corrected chi connectivity index (χ0v) is 9.20. The Labute approximate surface area is 102 Å². The first-order valence-corrected chi connectivity index (χ1v) is 4.55. The lowest BCUT2D eigenvalue weighted by Gasteiger charge is -2.14. The van der Waals surface area contributed by atoms with Crippen LogP contribution < -0.4 is 9.47 Å². The van der Waals surface area contributed by atoms with Crippen molar-refractivity contribution in [2.24, 2.45) is 0 Å². The van der Waals surface area contributed by atoms with Gasteiger partial charge >= 0.3 is 18.5 Å². The van der Waals surface area contributed by atoms with Gasteiger partial charge in [0.05, 0.1) is 18.1 Å². The Balaban J connectivity index is 3.48. The van der Waals surface area contributed by atoms with E-state index in [0.29, 0.717) is 0 Å². The Bertz CT molecular complexity index is 488. The highest BCUT2D eigenvalue weighted by molar-refractivity contribution is 5.55. The highest BCUT2D eigenvalue weighted by atomic mass is 19.4. The van der Waals surface area contributed by atoms with Crippen LogP contribution in [0.5, 0.6) is 11.5 Å². The average molecular weight is 287 g/mol. The molecule has 0 aliphatic heterocycles. The molecular formula is C9H6F5NO4. The van der Waals surface area contributed by atoms with E-state index in [-0.39, 0.29) is 12.1 Å². The molecule has 106 valence electrons. The van der Waals surface area contributed by atoms with Crippen LogP contribution in [-0.2, 0) is 6.18 Å². The molecule has 0 aliphatic carbocycles. The third kappa shape index (κ3) is 3.42. The summed E-state index contributed by atoms with van der Waals surface area (Å²) in [5, 5.41) is 10.6. The molecule has 0 spiro atoms. The molecule has 0 atom stereocenters. The molecule has 0 aliphatic rings. The van der Waals surface area contributed by atoms with E-state index in [1.54, 1.807) is 0 Å². The molecule has 0 bridgehead atoms. The van der Waals surface area contributed by atoms with E-state index >= 15 is 0 Å². The van der Waals surface area contributed by atoms with Crippen LogP contribution in [0.3, 0.4) is 0 Å². The quantitative estimate of drug-likeness (QED) is 0.484. The largest absolute Gasteiger partial charge is 0.490 e. The monoisotopic (exact) mass is 287 g/mol. The van der Waals surface area contributed by atoms with Crippen molar-refractivity contribution in [2.75, 3.05) is 7.11 Å². The van der Waals surface area contributed by atoms with Crippen LogP contribution in [0, 0.1) is 10.1 Å². The lowest BCUT2D eigenvalue weighted by atomic mass is 10.1. The van der Waals surface area contributed by atoms with Gasteiger partial charge in [0.1, 0.15) is 11.3 Å². The molecule has 10 heteroatoms. The van der Waals surface area contributed by atoms with Gasteiger partial charge < -0.3 is 9.47 Å². The van der Waals surface area contributed by atoms with E-state index in [1.165, 1.54) is 0 Å². The van der Waals surface area contributed by atoms with Crippen molar-refractivity contribution in [3.63, 3.8) is 0 Å². The van der Waals surface area contributed by atoms with E-state index in [1.807, 2.05) is 0 Å². The molecule has 0 fully saturated rings. The van der Waals surface area contributed by atoms with Gasteiger partial charge in [-0.3, -0.25) is 10.1 Å². The average Bonchev–Trinajstić information content (AvgIpc) is 2.25. The number of alkyl halides is 5. The summed E-state index contributed by atoms with van der Waals surface area (Å²) < 4.78 is 69.9. The summed E-state index contributed by atoms with van der Waals surface area (Å²) >= 11 is 0. The lowest BCUT2D eigenvalue weighted by molar-refractivity contribution is -0.385. The van der Waals surface area contributed by atoms with Gasteiger partial charge in [0, 0.05) is 6.07 Å². The number of nitro groups is 1. The van der Waals surface area contributed by atoms with Crippen LogP contribution in [0.25, 0.3) is 0 Å². The third-order valence-corrected chi connectivity index (χ3v) is 2.00. The Hall–Kier alpha value is -2.13. The number of ether oxygens (including phenoxy) is 2. The van der Waals surface area contributed by atoms with Crippen LogP contribution in [0.1, 0.15) is 5.56 Å². The maximum atomic E-state index is 12.6. The molecule has 1 aromatic rings. The molecule has 1 aromatic carbocycles. The van der Waals surface area contributed by atoms with E-state index < -0.39 is 40.5 Å². The van der Waals surface area contributed by atoms with Crippen LogP contribution in [-0.4, -0.2) is 18.6 Å². The molecule has 0 heterocycles. The van der Waals surface area contributed by atoms with Crippen molar-refractivity contribution in [1.29, 1.82) is 0 Å². The number of nitrogens with zero attached hydrogens (tertiary/aromatic N) is 1. The normalized spacial score (nSPS) is 11.5. The summed E-state index contributed by atoms with van der Waals surface area (Å²) in [6.45, 7) is -3.55. The van der Waals surface area contributed by atoms with Gasteiger partial charge in [0.25, 0.3) is 0 Å². The van der Waals surface area contributed by atoms with Crippen LogP contribution >= 0.6 is 0 Å². The highest BCUT2D eigenvalue weighted by Gasteiger charge is 2.38. The number of halogens is 5. The van der Waals surface area contributed by atoms with Crippen LogP contribution in [0.4, 0.5) is 27.6 Å². The number of methoxy groups -OCH3 is 1. The first-order valence-electron chi connectivity index (χ1n) is 4.55. The summed E-state index contributed by atoms with van der Waals surface area (Å²) in [6.07, 6.45) is -5.02. The second-order valence-corrected chi connectivity index (χ2v) is 3.15. The first kappa shape index (κ1) is 14.9. The molecule has 0 unspecified atom stereocenters. The van der Waals surface area contributed by atoms with E-state index in [9.17, 15) is 32.1 Å². The molecule has 0 saturated heterocycles. The summed E-state index contributed by atoms with van der Waals surface area (Å²) in [4.78, 5) is 9.51. The number of rotatable bonds is 4. The van der Waals surface area contributed by atoms with Crippen molar-refractivity contribution in [2.45, 2.75) is 12.8 Å². The minimum atomic E-state index is -5.02. The summed E-state index contributed by atoms with van der Waals surface area (Å²) in [5.74, 6) is -2.05. The molecule has 1 rings (SSSR count). The Kier molecular flexibility index (Phi) is 4.12. The van der Waals surface area contributed by atoms with E-state index in [2.05, 4.69) is 9.47 Å². The predicted molar refractivity (Wildman–Crippen MR) is 51.3 cm³/mol. The molecular weight excluding hydrogens is 281 g/mol. The number of hydrogen-bond donors (Lipinski definition) is 0. The predicted octanol–water partition coefficient (Wildman–Crippen LogP) is 3.22. The van der Waals surface area contributed by atoms with Gasteiger partial charge in [0.2, 0.25) is 0 Å². The number of hydrogen-bond acceptors (Lipinski definition) is 4. The fraction of sp³-hybridized carbons (Fsp3) is 0.333. The summed E-state index contributed by atoms with van der Waals surface area (Å²) in [6, 6.07) is 0.476. The maximum Gasteiger partial charge on any atom is 0.420 e. The van der Waals surface area contributed by atoms with Crippen molar-refractivity contribution < 1.29 is 36.3 Å². The van der Waals surface area contributed by atoms with Crippen molar-refractivity contribution in [3.05, 3.63) is 27.8 Å². The lowest BCUT2D eigenvalue weighted by Crippen LogP contribution is -2.12. The minimum absolute atomic E-state index is 0.232. The van der Waals surface area contributed by atoms with Gasteiger partial charge in [-0.05, 0) is 0 Å². The Morgan fingerprint density at radius 1 is 1.26 bits per heavy atom. The fourth-order valence-electron chi connectivity index (χ4n) is 1.27. The van der Waals surface area contributed by atoms with Gasteiger partial charge in [-0.1, -0.05) is 0 Å². The van der Waals surface area contributed by atoms with Gasteiger partial charge in [0.15, 0.2) is 5.75 Å². The van der Waals surface area contributed by atoms with Gasteiger partial charge in [-0.15, -0.1) is 0 Å². The zero-order valence-electron chi connectivity index (χ0n) is 9.20. The maximum absolute atomic E-state index is 12.6. The van der Waals surface area contributed by atoms with Crippen LogP contribution in [0.2, 0.25) is 0 Å². The summed E-state index contributed by atoms with van der Waals surface area (Å²) in [7, 11) is 0.913. The van der Waals surface area contributed by atoms with Crippen molar-refractivity contribution >= 4 is 5.69 Å². The molecule has 0 amide bonds. The van der Waals surface area contributed by atoms with Crippen molar-refractivity contribution in [3.8, 4) is 11.5 Å². The Morgan fingerprint density at radius 2 is 1.84 bits per heavy atom. The third-order valence-electron chi connectivity index (χ3n) is 2.00. The molecule has 0 radical (unpaired) electrons. The first-order chi connectivity index (χ1) is 8.66. The molecule has 0 aromatic heterocycles. The second kappa shape index (κ2) is 5.24. The zero-order chi connectivity index (χ0) is 14.8. The van der Waals surface area contributed by atoms with Gasteiger partial charge in [-0.2, -0.15) is 22.0 Å². The number of nitro benzene ring substituents is 1. The van der Waals surface area contributed by atoms with Crippen LogP contribution in [0.15, 0.2) is 12.1 Å². The molecule has 0 N–H and O–H groups in total. The van der Waals surface area contributed by atoms with E-state index in [4.69, 9.17) is 0 Å². The smallest absolute Gasteiger partial charge is 0.420 e. The molecule has 0 saturated carbocycles. The number of benzene rings is 1. The van der Waals surface area contributed by atoms with E-state index in [0.717, 1.165) is 7.11 Å². The fourth-order valence-corrected chi connectivity index (χ4v) is 1.27. The highest BCUT2D eigenvalue weighted by Crippen LogP contribution is 2.43. The molecule has 5 nitrogen and oxygen atoms in total. The second-order valence-electron chi connectivity index (χ2n) is 3.15.